The number of phenolic OH excluding ortho intramolecular Hbond substituents is 1. The van der Waals surface area contributed by atoms with E-state index < -0.39 is 15.8 Å². The fourth-order valence-corrected chi connectivity index (χ4v) is 0.930. The van der Waals surface area contributed by atoms with Crippen molar-refractivity contribution in [1.82, 2.24) is 0 Å². The van der Waals surface area contributed by atoms with Crippen LogP contribution in [0.15, 0.2) is 18.2 Å². The molecule has 0 saturated heterocycles. The third-order valence-electron chi connectivity index (χ3n) is 1.47. The van der Waals surface area contributed by atoms with Gasteiger partial charge in [-0.15, -0.1) is 10.1 Å². The quantitative estimate of drug-likeness (QED) is 0.606. The number of hydrogen-bond donors (Lipinski definition) is 2. The molecule has 0 radical (unpaired) electrons. The van der Waals surface area contributed by atoms with Crippen molar-refractivity contribution in [2.75, 3.05) is 6.61 Å². The van der Waals surface area contributed by atoms with E-state index in [9.17, 15) is 15.2 Å². The topological polar surface area (TPSA) is 136 Å². The van der Waals surface area contributed by atoms with E-state index >= 15 is 0 Å². The fraction of sp³-hybridized carbons (Fsp3) is 0.250. The molecule has 9 nitrogen and oxygen atoms in total. The number of para-hydroxylation sites is 1. The molecule has 0 atom stereocenters. The van der Waals surface area contributed by atoms with E-state index in [0.717, 1.165) is 0 Å². The Hall–Kier alpha value is -2.58. The van der Waals surface area contributed by atoms with E-state index in [1.54, 1.807) is 6.92 Å². The van der Waals surface area contributed by atoms with Gasteiger partial charge in [-0.3, -0.25) is 10.1 Å². The summed E-state index contributed by atoms with van der Waals surface area (Å²) in [4.78, 5) is 18.1. The Bertz CT molecular complexity index is 403. The van der Waals surface area contributed by atoms with E-state index in [-0.39, 0.29) is 11.4 Å². The summed E-state index contributed by atoms with van der Waals surface area (Å²) in [6.07, 6.45) is 0. The minimum atomic E-state index is -1.50. The van der Waals surface area contributed by atoms with Crippen LogP contribution in [0.4, 0.5) is 5.69 Å². The number of phenols is 1. The molecule has 0 amide bonds. The van der Waals surface area contributed by atoms with Gasteiger partial charge < -0.3 is 15.1 Å². The Morgan fingerprint density at radius 3 is 2.29 bits per heavy atom. The van der Waals surface area contributed by atoms with Crippen molar-refractivity contribution in [2.24, 2.45) is 0 Å². The first-order valence-electron chi connectivity index (χ1n) is 4.32. The molecule has 0 saturated carbocycles. The number of hydrogen-bond acceptors (Lipinski definition) is 6. The lowest BCUT2D eigenvalue weighted by Crippen LogP contribution is -1.94. The van der Waals surface area contributed by atoms with Gasteiger partial charge in [0.1, 0.15) is 0 Å². The molecule has 1 rings (SSSR count). The molecule has 0 aliphatic rings. The zero-order valence-corrected chi connectivity index (χ0v) is 8.77. The van der Waals surface area contributed by atoms with Crippen LogP contribution < -0.4 is 4.74 Å². The monoisotopic (exact) mass is 246 g/mol. The molecule has 0 fully saturated rings. The summed E-state index contributed by atoms with van der Waals surface area (Å²) in [5.74, 6) is -0.286. The van der Waals surface area contributed by atoms with Gasteiger partial charge in [0.05, 0.1) is 11.5 Å². The zero-order chi connectivity index (χ0) is 13.4. The third-order valence-corrected chi connectivity index (χ3v) is 1.47. The lowest BCUT2D eigenvalue weighted by molar-refractivity contribution is -0.742. The second-order valence-corrected chi connectivity index (χ2v) is 2.55. The summed E-state index contributed by atoms with van der Waals surface area (Å²) in [5, 5.41) is 33.3. The first-order valence-corrected chi connectivity index (χ1v) is 4.32. The molecule has 9 heteroatoms. The van der Waals surface area contributed by atoms with E-state index in [2.05, 4.69) is 0 Å². The molecule has 0 aliphatic carbocycles. The molecule has 17 heavy (non-hydrogen) atoms. The Morgan fingerprint density at radius 2 is 1.88 bits per heavy atom. The number of nitro groups is 1. The first-order chi connectivity index (χ1) is 7.90. The maximum Gasteiger partial charge on any atom is 0.314 e. The van der Waals surface area contributed by atoms with Gasteiger partial charge in [0, 0.05) is 6.07 Å². The van der Waals surface area contributed by atoms with Crippen molar-refractivity contribution >= 4 is 5.69 Å². The van der Waals surface area contributed by atoms with Gasteiger partial charge in [-0.2, -0.15) is 0 Å². The van der Waals surface area contributed by atoms with E-state index in [1.807, 2.05) is 0 Å². The van der Waals surface area contributed by atoms with Gasteiger partial charge in [0.15, 0.2) is 5.75 Å². The Balaban J connectivity index is 0.000000557. The number of ether oxygens (including phenoxy) is 1. The van der Waals surface area contributed by atoms with Gasteiger partial charge >= 0.3 is 5.69 Å². The maximum atomic E-state index is 10.4. The highest BCUT2D eigenvalue weighted by atomic mass is 16.9. The molecule has 0 heterocycles. The highest BCUT2D eigenvalue weighted by Gasteiger charge is 2.16. The number of rotatable bonds is 3. The summed E-state index contributed by atoms with van der Waals surface area (Å²) in [5.41, 5.74) is -0.342. The van der Waals surface area contributed by atoms with Crippen molar-refractivity contribution in [3.63, 3.8) is 0 Å². The largest absolute Gasteiger partial charge is 0.500 e. The fourth-order valence-electron chi connectivity index (χ4n) is 0.930. The lowest BCUT2D eigenvalue weighted by atomic mass is 10.3. The average molecular weight is 246 g/mol. The summed E-state index contributed by atoms with van der Waals surface area (Å²) in [6, 6.07) is 4.16. The number of nitro benzene ring substituents is 1. The van der Waals surface area contributed by atoms with Crippen LogP contribution in [0.5, 0.6) is 11.5 Å². The van der Waals surface area contributed by atoms with Crippen molar-refractivity contribution in [3.05, 3.63) is 38.4 Å². The first kappa shape index (κ1) is 14.4. The van der Waals surface area contributed by atoms with Crippen LogP contribution >= 0.6 is 0 Å². The number of benzene rings is 1. The third kappa shape index (κ3) is 5.16. The Labute approximate surface area is 95.1 Å². The second kappa shape index (κ2) is 6.82. The molecule has 0 aromatic heterocycles. The van der Waals surface area contributed by atoms with Gasteiger partial charge in [-0.05, 0) is 13.0 Å². The standard InChI is InChI=1S/C8H9NO4.HNO3/c1-2-13-7-5-3-4-6(8(7)10)9(11)12;2-1(3)4/h3-5,10H,2H2,1H3;(H,2,3,4). The maximum absolute atomic E-state index is 10.4. The van der Waals surface area contributed by atoms with Crippen LogP contribution in [0.2, 0.25) is 0 Å². The van der Waals surface area contributed by atoms with Crippen LogP contribution in [0, 0.1) is 20.2 Å². The Kier molecular flexibility index (Phi) is 5.79. The summed E-state index contributed by atoms with van der Waals surface area (Å²) in [7, 11) is 0. The predicted molar refractivity (Wildman–Crippen MR) is 54.7 cm³/mol. The molecular formula is C8H10N2O7. The molecular weight excluding hydrogens is 236 g/mol. The smallest absolute Gasteiger partial charge is 0.314 e. The Morgan fingerprint density at radius 1 is 1.35 bits per heavy atom. The van der Waals surface area contributed by atoms with Crippen molar-refractivity contribution in [2.45, 2.75) is 6.92 Å². The van der Waals surface area contributed by atoms with Crippen LogP contribution in [0.3, 0.4) is 0 Å². The van der Waals surface area contributed by atoms with Crippen LogP contribution in [0.1, 0.15) is 6.92 Å². The van der Waals surface area contributed by atoms with Gasteiger partial charge in [-0.1, -0.05) is 6.07 Å². The minimum Gasteiger partial charge on any atom is -0.500 e. The van der Waals surface area contributed by atoms with E-state index in [0.29, 0.717) is 6.61 Å². The van der Waals surface area contributed by atoms with Crippen LogP contribution in [-0.2, 0) is 0 Å². The minimum absolute atomic E-state index is 0.136. The SMILES string of the molecule is CCOc1cccc([N+](=O)[O-])c1O.O=[N+]([O-])O. The molecule has 1 aromatic rings. The van der Waals surface area contributed by atoms with E-state index in [4.69, 9.17) is 20.1 Å². The molecule has 0 bridgehead atoms. The number of nitrogens with zero attached hydrogens (tertiary/aromatic N) is 2. The van der Waals surface area contributed by atoms with Crippen molar-refractivity contribution in [1.29, 1.82) is 0 Å². The molecule has 94 valence electrons. The molecule has 1 aromatic carbocycles. The zero-order valence-electron chi connectivity index (χ0n) is 8.77. The number of aromatic hydroxyl groups is 1. The van der Waals surface area contributed by atoms with Gasteiger partial charge in [0.25, 0.3) is 5.09 Å². The van der Waals surface area contributed by atoms with Crippen LogP contribution in [0.25, 0.3) is 0 Å². The van der Waals surface area contributed by atoms with Crippen LogP contribution in [-0.4, -0.2) is 26.9 Å². The molecule has 0 aliphatic heterocycles. The van der Waals surface area contributed by atoms with Gasteiger partial charge in [0.2, 0.25) is 5.75 Å². The van der Waals surface area contributed by atoms with Crippen molar-refractivity contribution < 1.29 is 25.1 Å². The normalized spacial score (nSPS) is 8.76. The van der Waals surface area contributed by atoms with E-state index in [1.165, 1.54) is 18.2 Å². The molecule has 0 spiro atoms. The summed E-state index contributed by atoms with van der Waals surface area (Å²) < 4.78 is 4.97. The average Bonchev–Trinajstić information content (AvgIpc) is 2.20. The lowest BCUT2D eigenvalue weighted by Gasteiger charge is -2.04. The predicted octanol–water partition coefficient (Wildman–Crippen LogP) is 1.35. The molecule has 2 N–H and O–H groups in total. The van der Waals surface area contributed by atoms with Gasteiger partial charge in [-0.25, -0.2) is 0 Å². The molecule has 0 unspecified atom stereocenters. The highest BCUT2D eigenvalue weighted by Crippen LogP contribution is 2.34. The summed E-state index contributed by atoms with van der Waals surface area (Å²) >= 11 is 0. The summed E-state index contributed by atoms with van der Waals surface area (Å²) in [6.45, 7) is 2.09. The highest BCUT2D eigenvalue weighted by molar-refractivity contribution is 5.54. The van der Waals surface area contributed by atoms with Crippen molar-refractivity contribution in [3.8, 4) is 11.5 Å². The second-order valence-electron chi connectivity index (χ2n) is 2.55.